The number of carboxylic acid groups (broad SMARTS) is 1. The Morgan fingerprint density at radius 1 is 0.886 bits per heavy atom. The van der Waals surface area contributed by atoms with Gasteiger partial charge in [-0.3, -0.25) is 0 Å². The van der Waals surface area contributed by atoms with Crippen molar-refractivity contribution in [3.8, 4) is 16.9 Å². The number of rotatable bonds is 10. The van der Waals surface area contributed by atoms with Crippen LogP contribution in [0.3, 0.4) is 0 Å². The average Bonchev–Trinajstić information content (AvgIpc) is 3.19. The highest BCUT2D eigenvalue weighted by molar-refractivity contribution is 5.79. The number of carbonyl (C=O) groups is 2. The molecule has 2 atom stereocenters. The summed E-state index contributed by atoms with van der Waals surface area (Å²) in [6.45, 7) is -0.310. The summed E-state index contributed by atoms with van der Waals surface area (Å²) < 4.78 is 10.7. The lowest BCUT2D eigenvalue weighted by atomic mass is 9.98. The minimum absolute atomic E-state index is 0.0529. The number of nitrogens with one attached hydrogen (secondary N) is 1. The SMILES string of the molecule is O=C(O)COc1ccccc1C(O)C(O)CCNC(=O)OCC1c2ccccc2-c2ccccc21. The third-order valence-electron chi connectivity index (χ3n) is 6.01. The zero-order valence-corrected chi connectivity index (χ0v) is 19.0. The van der Waals surface area contributed by atoms with Crippen LogP contribution in [0.25, 0.3) is 11.1 Å². The summed E-state index contributed by atoms with van der Waals surface area (Å²) in [5.74, 6) is -1.03. The van der Waals surface area contributed by atoms with Crippen molar-refractivity contribution < 1.29 is 34.4 Å². The fourth-order valence-corrected chi connectivity index (χ4v) is 4.33. The smallest absolute Gasteiger partial charge is 0.407 e. The van der Waals surface area contributed by atoms with E-state index in [4.69, 9.17) is 14.6 Å². The van der Waals surface area contributed by atoms with Gasteiger partial charge in [0.15, 0.2) is 6.61 Å². The molecule has 1 amide bonds. The Kier molecular flexibility index (Phi) is 7.64. The van der Waals surface area contributed by atoms with Gasteiger partial charge in [0.05, 0.1) is 6.10 Å². The third kappa shape index (κ3) is 5.62. The Labute approximate surface area is 202 Å². The topological polar surface area (TPSA) is 125 Å². The van der Waals surface area contributed by atoms with Gasteiger partial charge in [0, 0.05) is 18.0 Å². The van der Waals surface area contributed by atoms with Crippen molar-refractivity contribution in [1.82, 2.24) is 5.32 Å². The van der Waals surface area contributed by atoms with Crippen LogP contribution in [0.2, 0.25) is 0 Å². The Morgan fingerprint density at radius 2 is 1.49 bits per heavy atom. The zero-order valence-electron chi connectivity index (χ0n) is 19.0. The first kappa shape index (κ1) is 24.3. The number of fused-ring (bicyclic) bond motifs is 3. The molecule has 0 heterocycles. The van der Waals surface area contributed by atoms with E-state index in [2.05, 4.69) is 17.4 Å². The van der Waals surface area contributed by atoms with E-state index in [1.54, 1.807) is 18.2 Å². The van der Waals surface area contributed by atoms with Crippen molar-refractivity contribution >= 4 is 12.1 Å². The highest BCUT2D eigenvalue weighted by Crippen LogP contribution is 2.44. The van der Waals surface area contributed by atoms with Crippen molar-refractivity contribution in [2.24, 2.45) is 0 Å². The molecule has 0 spiro atoms. The van der Waals surface area contributed by atoms with Gasteiger partial charge in [0.25, 0.3) is 0 Å². The van der Waals surface area contributed by atoms with Crippen molar-refractivity contribution in [3.63, 3.8) is 0 Å². The number of hydrogen-bond acceptors (Lipinski definition) is 6. The Morgan fingerprint density at radius 3 is 2.14 bits per heavy atom. The van der Waals surface area contributed by atoms with Crippen LogP contribution >= 0.6 is 0 Å². The van der Waals surface area contributed by atoms with E-state index in [1.165, 1.54) is 6.07 Å². The molecule has 4 rings (SSSR count). The average molecular weight is 478 g/mol. The van der Waals surface area contributed by atoms with Crippen molar-refractivity contribution in [3.05, 3.63) is 89.5 Å². The van der Waals surface area contributed by atoms with Crippen LogP contribution in [0, 0.1) is 0 Å². The van der Waals surface area contributed by atoms with E-state index < -0.39 is 30.9 Å². The van der Waals surface area contributed by atoms with Crippen LogP contribution in [-0.4, -0.2) is 53.2 Å². The minimum Gasteiger partial charge on any atom is -0.482 e. The summed E-state index contributed by atoms with van der Waals surface area (Å²) in [5, 5.41) is 32.3. The van der Waals surface area contributed by atoms with Gasteiger partial charge in [-0.2, -0.15) is 0 Å². The monoisotopic (exact) mass is 477 g/mol. The molecule has 8 heteroatoms. The molecular formula is C27H27NO7. The van der Waals surface area contributed by atoms with Gasteiger partial charge in [-0.1, -0.05) is 66.7 Å². The van der Waals surface area contributed by atoms with Gasteiger partial charge in [-0.25, -0.2) is 9.59 Å². The van der Waals surface area contributed by atoms with Crippen LogP contribution in [0.5, 0.6) is 5.75 Å². The second-order valence-corrected chi connectivity index (χ2v) is 8.27. The number of aliphatic carboxylic acids is 1. The molecule has 4 N–H and O–H groups in total. The van der Waals surface area contributed by atoms with E-state index in [9.17, 15) is 19.8 Å². The standard InChI is InChI=1S/C27H27NO7/c29-23(26(32)21-11-5-6-12-24(21)34-16-25(30)31)13-14-28-27(33)35-15-22-19-9-3-1-7-17(19)18-8-2-4-10-20(18)22/h1-12,22-23,26,29,32H,13-16H2,(H,28,33)(H,30,31). The second kappa shape index (κ2) is 11.0. The van der Waals surface area contributed by atoms with Crippen molar-refractivity contribution in [2.75, 3.05) is 19.8 Å². The molecule has 1 aliphatic rings. The molecule has 0 radical (unpaired) electrons. The summed E-state index contributed by atoms with van der Waals surface area (Å²) in [5.41, 5.74) is 4.78. The molecular weight excluding hydrogens is 450 g/mol. The quantitative estimate of drug-likeness (QED) is 0.352. The number of ether oxygens (including phenoxy) is 2. The fourth-order valence-electron chi connectivity index (χ4n) is 4.33. The van der Waals surface area contributed by atoms with Crippen molar-refractivity contribution in [1.29, 1.82) is 0 Å². The number of amides is 1. The lowest BCUT2D eigenvalue weighted by Crippen LogP contribution is -2.30. The molecule has 3 aromatic carbocycles. The normalized spacial score (nSPS) is 13.9. The summed E-state index contributed by atoms with van der Waals surface area (Å²) in [6.07, 6.45) is -3.08. The van der Waals surface area contributed by atoms with Gasteiger partial charge in [-0.15, -0.1) is 0 Å². The molecule has 8 nitrogen and oxygen atoms in total. The van der Waals surface area contributed by atoms with Crippen LogP contribution in [0.4, 0.5) is 4.79 Å². The molecule has 3 aromatic rings. The molecule has 0 saturated carbocycles. The van der Waals surface area contributed by atoms with Crippen molar-refractivity contribution in [2.45, 2.75) is 24.5 Å². The number of alkyl carbamates (subject to hydrolysis) is 1. The fraction of sp³-hybridized carbons (Fsp3) is 0.259. The van der Waals surface area contributed by atoms with Gasteiger partial charge < -0.3 is 30.1 Å². The maximum absolute atomic E-state index is 12.3. The first-order valence-electron chi connectivity index (χ1n) is 11.3. The first-order chi connectivity index (χ1) is 17.0. The highest BCUT2D eigenvalue weighted by Gasteiger charge is 2.29. The maximum atomic E-state index is 12.3. The second-order valence-electron chi connectivity index (χ2n) is 8.27. The van der Waals surface area contributed by atoms with Crippen LogP contribution in [-0.2, 0) is 9.53 Å². The molecule has 0 aromatic heterocycles. The third-order valence-corrected chi connectivity index (χ3v) is 6.01. The van der Waals surface area contributed by atoms with E-state index in [0.29, 0.717) is 0 Å². The van der Waals surface area contributed by atoms with E-state index in [0.717, 1.165) is 22.3 Å². The molecule has 0 saturated heterocycles. The van der Waals surface area contributed by atoms with Gasteiger partial charge in [-0.05, 0) is 34.7 Å². The number of para-hydroxylation sites is 1. The Hall–Kier alpha value is -3.88. The van der Waals surface area contributed by atoms with Gasteiger partial charge >= 0.3 is 12.1 Å². The molecule has 2 unspecified atom stereocenters. The number of carbonyl (C=O) groups excluding carboxylic acids is 1. The minimum atomic E-state index is -1.32. The maximum Gasteiger partial charge on any atom is 0.407 e. The van der Waals surface area contributed by atoms with Crippen LogP contribution in [0.1, 0.15) is 35.1 Å². The number of benzene rings is 3. The summed E-state index contributed by atoms with van der Waals surface area (Å²) in [7, 11) is 0. The molecule has 35 heavy (non-hydrogen) atoms. The molecule has 0 fully saturated rings. The number of carboxylic acids is 1. The predicted molar refractivity (Wildman–Crippen MR) is 128 cm³/mol. The van der Waals surface area contributed by atoms with E-state index in [-0.39, 0.29) is 36.8 Å². The molecule has 0 aliphatic heterocycles. The van der Waals surface area contributed by atoms with E-state index >= 15 is 0 Å². The highest BCUT2D eigenvalue weighted by atomic mass is 16.5. The summed E-state index contributed by atoms with van der Waals surface area (Å²) >= 11 is 0. The molecule has 1 aliphatic carbocycles. The van der Waals surface area contributed by atoms with Crippen LogP contribution in [0.15, 0.2) is 72.8 Å². The first-order valence-corrected chi connectivity index (χ1v) is 11.3. The lowest BCUT2D eigenvalue weighted by molar-refractivity contribution is -0.139. The van der Waals surface area contributed by atoms with E-state index in [1.807, 2.05) is 36.4 Å². The zero-order chi connectivity index (χ0) is 24.8. The summed E-state index contributed by atoms with van der Waals surface area (Å²) in [4.78, 5) is 23.1. The number of hydrogen-bond donors (Lipinski definition) is 4. The Balaban J connectivity index is 1.28. The number of aliphatic hydroxyl groups is 2. The number of aliphatic hydroxyl groups excluding tert-OH is 2. The lowest BCUT2D eigenvalue weighted by Gasteiger charge is -2.21. The largest absolute Gasteiger partial charge is 0.482 e. The molecule has 0 bridgehead atoms. The van der Waals surface area contributed by atoms with Crippen LogP contribution < -0.4 is 10.1 Å². The summed E-state index contributed by atoms with van der Waals surface area (Å²) in [6, 6.07) is 22.5. The van der Waals surface area contributed by atoms with Gasteiger partial charge in [0.1, 0.15) is 18.5 Å². The Bertz CT molecular complexity index is 1150. The molecule has 182 valence electrons. The predicted octanol–water partition coefficient (Wildman–Crippen LogP) is 3.47. The van der Waals surface area contributed by atoms with Gasteiger partial charge in [0.2, 0.25) is 0 Å².